The Labute approximate surface area is 166 Å². The highest BCUT2D eigenvalue weighted by molar-refractivity contribution is 6.02. The maximum absolute atomic E-state index is 12.3. The molecule has 1 amide bonds. The number of amides is 1. The SMILES string of the molecule is CCCOc1ccc(/C=C/C(=O)Nc2cc(OC)c(OC)cc2C)cc1OC. The van der Waals surface area contributed by atoms with E-state index in [4.69, 9.17) is 18.9 Å². The summed E-state index contributed by atoms with van der Waals surface area (Å²) in [6.45, 7) is 4.56. The topological polar surface area (TPSA) is 66.0 Å². The van der Waals surface area contributed by atoms with Crippen molar-refractivity contribution in [2.75, 3.05) is 33.3 Å². The molecular formula is C22H27NO5. The molecule has 0 saturated carbocycles. The molecule has 150 valence electrons. The summed E-state index contributed by atoms with van der Waals surface area (Å²) in [5.41, 5.74) is 2.37. The molecule has 28 heavy (non-hydrogen) atoms. The quantitative estimate of drug-likeness (QED) is 0.646. The van der Waals surface area contributed by atoms with Gasteiger partial charge < -0.3 is 24.3 Å². The fourth-order valence-electron chi connectivity index (χ4n) is 2.58. The molecule has 0 atom stereocenters. The van der Waals surface area contributed by atoms with Gasteiger partial charge in [0, 0.05) is 17.8 Å². The molecule has 0 aliphatic heterocycles. The Hall–Kier alpha value is -3.15. The van der Waals surface area contributed by atoms with Gasteiger partial charge >= 0.3 is 0 Å². The number of rotatable bonds is 9. The van der Waals surface area contributed by atoms with Crippen molar-refractivity contribution in [1.29, 1.82) is 0 Å². The number of aryl methyl sites for hydroxylation is 1. The second-order valence-electron chi connectivity index (χ2n) is 6.10. The number of anilines is 1. The second kappa shape index (κ2) is 10.3. The zero-order valence-corrected chi connectivity index (χ0v) is 17.0. The Balaban J connectivity index is 2.11. The zero-order chi connectivity index (χ0) is 20.5. The van der Waals surface area contributed by atoms with Crippen LogP contribution in [0.2, 0.25) is 0 Å². The summed E-state index contributed by atoms with van der Waals surface area (Å²) in [4.78, 5) is 12.3. The molecule has 0 aliphatic carbocycles. The van der Waals surface area contributed by atoms with E-state index in [0.29, 0.717) is 35.3 Å². The van der Waals surface area contributed by atoms with Crippen molar-refractivity contribution >= 4 is 17.7 Å². The summed E-state index contributed by atoms with van der Waals surface area (Å²) in [5, 5.41) is 2.86. The van der Waals surface area contributed by atoms with Crippen LogP contribution in [0.25, 0.3) is 6.08 Å². The minimum absolute atomic E-state index is 0.249. The van der Waals surface area contributed by atoms with Gasteiger partial charge in [-0.3, -0.25) is 4.79 Å². The summed E-state index contributed by atoms with van der Waals surface area (Å²) in [6.07, 6.45) is 4.11. The van der Waals surface area contributed by atoms with Gasteiger partial charge in [-0.25, -0.2) is 0 Å². The van der Waals surface area contributed by atoms with Crippen LogP contribution in [-0.4, -0.2) is 33.8 Å². The average Bonchev–Trinajstić information content (AvgIpc) is 2.71. The summed E-state index contributed by atoms with van der Waals surface area (Å²) >= 11 is 0. The van der Waals surface area contributed by atoms with Gasteiger partial charge in [-0.2, -0.15) is 0 Å². The summed E-state index contributed by atoms with van der Waals surface area (Å²) in [5.74, 6) is 2.24. The van der Waals surface area contributed by atoms with Crippen LogP contribution in [0.15, 0.2) is 36.4 Å². The van der Waals surface area contributed by atoms with Crippen molar-refractivity contribution in [3.05, 3.63) is 47.5 Å². The van der Waals surface area contributed by atoms with Crippen molar-refractivity contribution in [3.63, 3.8) is 0 Å². The molecular weight excluding hydrogens is 358 g/mol. The number of ether oxygens (including phenoxy) is 4. The number of hydrogen-bond donors (Lipinski definition) is 1. The predicted molar refractivity (Wildman–Crippen MR) is 111 cm³/mol. The molecule has 0 fully saturated rings. The Morgan fingerprint density at radius 3 is 2.25 bits per heavy atom. The van der Waals surface area contributed by atoms with Gasteiger partial charge in [-0.1, -0.05) is 13.0 Å². The van der Waals surface area contributed by atoms with Crippen LogP contribution in [0.4, 0.5) is 5.69 Å². The Morgan fingerprint density at radius 1 is 0.964 bits per heavy atom. The Kier molecular flexibility index (Phi) is 7.75. The molecule has 0 saturated heterocycles. The first kappa shape index (κ1) is 21.2. The third-order valence-electron chi connectivity index (χ3n) is 4.06. The predicted octanol–water partition coefficient (Wildman–Crippen LogP) is 4.46. The molecule has 0 unspecified atom stereocenters. The van der Waals surface area contributed by atoms with E-state index in [1.807, 2.05) is 38.1 Å². The normalized spacial score (nSPS) is 10.6. The highest BCUT2D eigenvalue weighted by Gasteiger charge is 2.10. The van der Waals surface area contributed by atoms with Gasteiger partial charge in [0.05, 0.1) is 27.9 Å². The average molecular weight is 385 g/mol. The van der Waals surface area contributed by atoms with Crippen molar-refractivity contribution in [2.24, 2.45) is 0 Å². The van der Waals surface area contributed by atoms with Gasteiger partial charge in [-0.15, -0.1) is 0 Å². The maximum Gasteiger partial charge on any atom is 0.248 e. The van der Waals surface area contributed by atoms with Gasteiger partial charge in [0.1, 0.15) is 0 Å². The van der Waals surface area contributed by atoms with Gasteiger partial charge in [0.15, 0.2) is 23.0 Å². The third-order valence-corrected chi connectivity index (χ3v) is 4.06. The minimum atomic E-state index is -0.249. The highest BCUT2D eigenvalue weighted by atomic mass is 16.5. The summed E-state index contributed by atoms with van der Waals surface area (Å²) in [6, 6.07) is 9.10. The second-order valence-corrected chi connectivity index (χ2v) is 6.10. The number of carbonyl (C=O) groups is 1. The van der Waals surface area contributed by atoms with Crippen LogP contribution in [0, 0.1) is 6.92 Å². The first-order valence-electron chi connectivity index (χ1n) is 9.04. The molecule has 2 aromatic rings. The van der Waals surface area contributed by atoms with Gasteiger partial charge in [-0.05, 0) is 48.7 Å². The first-order valence-corrected chi connectivity index (χ1v) is 9.04. The van der Waals surface area contributed by atoms with E-state index >= 15 is 0 Å². The van der Waals surface area contributed by atoms with Crippen LogP contribution >= 0.6 is 0 Å². The van der Waals surface area contributed by atoms with Crippen molar-refractivity contribution in [2.45, 2.75) is 20.3 Å². The monoisotopic (exact) mass is 385 g/mol. The van der Waals surface area contributed by atoms with Crippen LogP contribution in [-0.2, 0) is 4.79 Å². The fourth-order valence-corrected chi connectivity index (χ4v) is 2.58. The first-order chi connectivity index (χ1) is 13.5. The Morgan fingerprint density at radius 2 is 1.61 bits per heavy atom. The molecule has 2 aromatic carbocycles. The molecule has 0 aliphatic rings. The van der Waals surface area contributed by atoms with Crippen LogP contribution in [0.3, 0.4) is 0 Å². The minimum Gasteiger partial charge on any atom is -0.493 e. The lowest BCUT2D eigenvalue weighted by atomic mass is 10.1. The van der Waals surface area contributed by atoms with Crippen LogP contribution in [0.5, 0.6) is 23.0 Å². The smallest absolute Gasteiger partial charge is 0.248 e. The number of carbonyl (C=O) groups excluding carboxylic acids is 1. The largest absolute Gasteiger partial charge is 0.493 e. The lowest BCUT2D eigenvalue weighted by molar-refractivity contribution is -0.111. The molecule has 0 spiro atoms. The van der Waals surface area contributed by atoms with Crippen molar-refractivity contribution in [1.82, 2.24) is 0 Å². The van der Waals surface area contributed by atoms with E-state index in [0.717, 1.165) is 17.5 Å². The highest BCUT2D eigenvalue weighted by Crippen LogP contribution is 2.33. The van der Waals surface area contributed by atoms with E-state index in [2.05, 4.69) is 5.32 Å². The molecule has 2 rings (SSSR count). The van der Waals surface area contributed by atoms with Crippen LogP contribution in [0.1, 0.15) is 24.5 Å². The summed E-state index contributed by atoms with van der Waals surface area (Å²) in [7, 11) is 4.72. The molecule has 1 N–H and O–H groups in total. The number of hydrogen-bond acceptors (Lipinski definition) is 5. The van der Waals surface area contributed by atoms with Crippen molar-refractivity contribution in [3.8, 4) is 23.0 Å². The molecule has 6 nitrogen and oxygen atoms in total. The molecule has 6 heteroatoms. The standard InChI is InChI=1S/C22H27NO5/c1-6-11-28-18-9-7-16(13-20(18)26-4)8-10-22(24)23-17-14-21(27-5)19(25-3)12-15(17)2/h7-10,12-14H,6,11H2,1-5H3,(H,23,24)/b10-8+. The number of methoxy groups -OCH3 is 3. The fraction of sp³-hybridized carbons (Fsp3) is 0.318. The Bertz CT molecular complexity index is 845. The number of benzene rings is 2. The van der Waals surface area contributed by atoms with Crippen molar-refractivity contribution < 1.29 is 23.7 Å². The van der Waals surface area contributed by atoms with Gasteiger partial charge in [0.2, 0.25) is 5.91 Å². The molecule has 0 heterocycles. The lowest BCUT2D eigenvalue weighted by Gasteiger charge is -2.13. The van der Waals surface area contributed by atoms with E-state index in [1.165, 1.54) is 6.08 Å². The lowest BCUT2D eigenvalue weighted by Crippen LogP contribution is -2.09. The molecule has 0 radical (unpaired) electrons. The zero-order valence-electron chi connectivity index (χ0n) is 17.0. The van der Waals surface area contributed by atoms with E-state index in [9.17, 15) is 4.79 Å². The van der Waals surface area contributed by atoms with E-state index < -0.39 is 0 Å². The van der Waals surface area contributed by atoms with E-state index in [1.54, 1.807) is 33.5 Å². The number of nitrogens with one attached hydrogen (secondary N) is 1. The van der Waals surface area contributed by atoms with Crippen LogP contribution < -0.4 is 24.3 Å². The molecule has 0 aromatic heterocycles. The van der Waals surface area contributed by atoms with E-state index in [-0.39, 0.29) is 5.91 Å². The molecule has 0 bridgehead atoms. The third kappa shape index (κ3) is 5.42. The van der Waals surface area contributed by atoms with Gasteiger partial charge in [0.25, 0.3) is 0 Å². The summed E-state index contributed by atoms with van der Waals surface area (Å²) < 4.78 is 21.6. The maximum atomic E-state index is 12.3.